The Hall–Kier alpha value is -0.540. The molecule has 1 aliphatic heterocycles. The second-order valence-electron chi connectivity index (χ2n) is 9.58. The smallest absolute Gasteiger partial charge is 0.207 e. The van der Waals surface area contributed by atoms with Gasteiger partial charge in [0.2, 0.25) is 6.41 Å². The highest BCUT2D eigenvalue weighted by molar-refractivity contribution is 6.21. The number of nitrogens with one attached hydrogen (secondary N) is 1. The zero-order chi connectivity index (χ0) is 18.5. The van der Waals surface area contributed by atoms with Crippen LogP contribution in [0.5, 0.6) is 0 Å². The lowest BCUT2D eigenvalue weighted by Crippen LogP contribution is -2.61. The predicted octanol–water partition coefficient (Wildman–Crippen LogP) is 4.83. The van der Waals surface area contributed by atoms with Crippen LogP contribution in [-0.2, 0) is 9.53 Å². The zero-order valence-corrected chi connectivity index (χ0v) is 17.2. The Bertz CT molecular complexity index is 560. The summed E-state index contributed by atoms with van der Waals surface area (Å²) in [5.74, 6) is 1.43. The van der Waals surface area contributed by atoms with Gasteiger partial charge in [0.15, 0.2) is 0 Å². The van der Waals surface area contributed by atoms with Crippen molar-refractivity contribution in [1.82, 2.24) is 5.32 Å². The van der Waals surface area contributed by atoms with E-state index in [0.29, 0.717) is 17.8 Å². The van der Waals surface area contributed by atoms with Crippen molar-refractivity contribution in [3.05, 3.63) is 11.6 Å². The van der Waals surface area contributed by atoms with Crippen LogP contribution in [0.3, 0.4) is 0 Å². The van der Waals surface area contributed by atoms with E-state index >= 15 is 0 Å². The van der Waals surface area contributed by atoms with Crippen molar-refractivity contribution in [3.63, 3.8) is 0 Å². The number of hydrogen-bond acceptors (Lipinski definition) is 2. The third-order valence-corrected chi connectivity index (χ3v) is 8.11. The van der Waals surface area contributed by atoms with Crippen LogP contribution in [0.15, 0.2) is 11.6 Å². The Morgan fingerprint density at radius 3 is 2.52 bits per heavy atom. The largest absolute Gasteiger partial charge is 0.368 e. The number of allylic oxidation sites excluding steroid dienone is 2. The minimum Gasteiger partial charge on any atom is -0.368 e. The van der Waals surface area contributed by atoms with Crippen LogP contribution in [0.2, 0.25) is 0 Å². The van der Waals surface area contributed by atoms with E-state index in [-0.39, 0.29) is 22.1 Å². The topological polar surface area (TPSA) is 38.3 Å². The molecule has 25 heavy (non-hydrogen) atoms. The standard InChI is InChI=1S/C21H34ClNO2/c1-14-6-7-16-15(12-14)17(8-10-20(16,4)23-13-24)21(5)11-9-18(22)19(2,3)25-21/h12-13,15-18H,6-11H2,1-5H3,(H,23,24)/t15-,16+,17-,18-,20-,21+/m0/s1. The van der Waals surface area contributed by atoms with E-state index in [4.69, 9.17) is 16.3 Å². The summed E-state index contributed by atoms with van der Waals surface area (Å²) < 4.78 is 6.67. The van der Waals surface area contributed by atoms with Crippen molar-refractivity contribution in [1.29, 1.82) is 0 Å². The molecule has 1 amide bonds. The number of hydrogen-bond donors (Lipinski definition) is 1. The predicted molar refractivity (Wildman–Crippen MR) is 103 cm³/mol. The Kier molecular flexibility index (Phi) is 5.05. The second-order valence-corrected chi connectivity index (χ2v) is 10.1. The molecule has 142 valence electrons. The van der Waals surface area contributed by atoms with E-state index in [0.717, 1.165) is 44.9 Å². The van der Waals surface area contributed by atoms with Crippen molar-refractivity contribution in [2.24, 2.45) is 17.8 Å². The maximum absolute atomic E-state index is 11.2. The summed E-state index contributed by atoms with van der Waals surface area (Å²) in [6, 6.07) is 0. The minimum atomic E-state index is -0.292. The van der Waals surface area contributed by atoms with Crippen LogP contribution in [-0.4, -0.2) is 28.5 Å². The molecule has 3 aliphatic rings. The zero-order valence-electron chi connectivity index (χ0n) is 16.4. The highest BCUT2D eigenvalue weighted by Crippen LogP contribution is 2.54. The van der Waals surface area contributed by atoms with Gasteiger partial charge in [0.25, 0.3) is 0 Å². The molecule has 1 saturated carbocycles. The molecule has 6 atom stereocenters. The average molecular weight is 368 g/mol. The summed E-state index contributed by atoms with van der Waals surface area (Å²) in [5.41, 5.74) is 0.944. The Balaban J connectivity index is 1.92. The Morgan fingerprint density at radius 2 is 1.88 bits per heavy atom. The van der Waals surface area contributed by atoms with Crippen LogP contribution in [0.25, 0.3) is 0 Å². The fourth-order valence-corrected chi connectivity index (χ4v) is 5.99. The van der Waals surface area contributed by atoms with Crippen molar-refractivity contribution in [2.75, 3.05) is 0 Å². The number of amides is 1. The van der Waals surface area contributed by atoms with E-state index in [1.807, 2.05) is 0 Å². The molecular formula is C21H34ClNO2. The molecule has 3 nitrogen and oxygen atoms in total. The first-order valence-corrected chi connectivity index (χ1v) is 10.3. The van der Waals surface area contributed by atoms with Gasteiger partial charge in [-0.15, -0.1) is 11.6 Å². The quantitative estimate of drug-likeness (QED) is 0.440. The SMILES string of the molecule is CC1=C[C@H]2[C@@H](CC1)[C@@](C)(NC=O)CC[C@@H]2[C@@]1(C)CC[C@H](Cl)C(C)(C)O1. The first-order valence-electron chi connectivity index (χ1n) is 9.84. The lowest BCUT2D eigenvalue weighted by Gasteiger charge is -2.58. The van der Waals surface area contributed by atoms with Crippen LogP contribution >= 0.6 is 11.6 Å². The summed E-state index contributed by atoms with van der Waals surface area (Å²) in [5, 5.41) is 3.24. The highest BCUT2D eigenvalue weighted by atomic mass is 35.5. The van der Waals surface area contributed by atoms with Gasteiger partial charge in [-0.25, -0.2) is 0 Å². The van der Waals surface area contributed by atoms with Gasteiger partial charge in [0.1, 0.15) is 0 Å². The number of rotatable bonds is 3. The minimum absolute atomic E-state index is 0.0746. The molecule has 3 rings (SSSR count). The number of ether oxygens (including phenoxy) is 1. The van der Waals surface area contributed by atoms with E-state index in [9.17, 15) is 4.79 Å². The van der Waals surface area contributed by atoms with Crippen molar-refractivity contribution in [2.45, 2.75) is 95.3 Å². The number of carbonyl (C=O) groups is 1. The molecule has 0 aromatic heterocycles. The Morgan fingerprint density at radius 1 is 1.16 bits per heavy atom. The van der Waals surface area contributed by atoms with Crippen LogP contribution in [0.4, 0.5) is 0 Å². The number of fused-ring (bicyclic) bond motifs is 1. The molecule has 1 saturated heterocycles. The third kappa shape index (κ3) is 3.39. The molecule has 2 fully saturated rings. The molecule has 0 aromatic rings. The first kappa shape index (κ1) is 19.2. The fourth-order valence-electron chi connectivity index (χ4n) is 5.84. The number of halogens is 1. The third-order valence-electron chi connectivity index (χ3n) is 7.37. The second kappa shape index (κ2) is 6.56. The van der Waals surface area contributed by atoms with Crippen LogP contribution in [0, 0.1) is 17.8 Å². The van der Waals surface area contributed by atoms with Crippen molar-refractivity contribution < 1.29 is 9.53 Å². The van der Waals surface area contributed by atoms with Crippen LogP contribution < -0.4 is 5.32 Å². The van der Waals surface area contributed by atoms with E-state index in [2.05, 4.69) is 46.0 Å². The van der Waals surface area contributed by atoms with Gasteiger partial charge in [-0.2, -0.15) is 0 Å². The van der Waals surface area contributed by atoms with Gasteiger partial charge in [-0.1, -0.05) is 11.6 Å². The van der Waals surface area contributed by atoms with Gasteiger partial charge < -0.3 is 10.1 Å². The van der Waals surface area contributed by atoms with E-state index in [1.165, 1.54) is 5.57 Å². The Labute approximate surface area is 157 Å². The molecule has 0 spiro atoms. The first-order chi connectivity index (χ1) is 11.6. The molecule has 0 radical (unpaired) electrons. The van der Waals surface area contributed by atoms with Gasteiger partial charge >= 0.3 is 0 Å². The van der Waals surface area contributed by atoms with Crippen molar-refractivity contribution >= 4 is 18.0 Å². The molecular weight excluding hydrogens is 334 g/mol. The van der Waals surface area contributed by atoms with Gasteiger partial charge in [-0.05, 0) is 90.9 Å². The maximum atomic E-state index is 11.2. The molecule has 0 unspecified atom stereocenters. The normalized spacial score (nSPS) is 46.7. The monoisotopic (exact) mass is 367 g/mol. The summed E-state index contributed by atoms with van der Waals surface area (Å²) in [4.78, 5) is 11.2. The van der Waals surface area contributed by atoms with Crippen LogP contribution in [0.1, 0.15) is 73.1 Å². The summed E-state index contributed by atoms with van der Waals surface area (Å²) in [6.07, 6.45) is 9.79. The van der Waals surface area contributed by atoms with Crippen molar-refractivity contribution in [3.8, 4) is 0 Å². The lowest BCUT2D eigenvalue weighted by atomic mass is 9.55. The molecule has 1 heterocycles. The molecule has 4 heteroatoms. The fraction of sp³-hybridized carbons (Fsp3) is 0.857. The van der Waals surface area contributed by atoms with E-state index in [1.54, 1.807) is 0 Å². The maximum Gasteiger partial charge on any atom is 0.207 e. The number of carbonyl (C=O) groups excluding carboxylic acids is 1. The summed E-state index contributed by atoms with van der Waals surface area (Å²) >= 11 is 6.54. The summed E-state index contributed by atoms with van der Waals surface area (Å²) in [7, 11) is 0. The summed E-state index contributed by atoms with van der Waals surface area (Å²) in [6.45, 7) is 11.0. The van der Waals surface area contributed by atoms with Gasteiger partial charge in [0, 0.05) is 5.54 Å². The molecule has 0 bridgehead atoms. The average Bonchev–Trinajstić information content (AvgIpc) is 2.51. The molecule has 2 aliphatic carbocycles. The number of alkyl halides is 1. The molecule has 0 aromatic carbocycles. The van der Waals surface area contributed by atoms with Gasteiger partial charge in [0.05, 0.1) is 16.6 Å². The highest BCUT2D eigenvalue weighted by Gasteiger charge is 2.55. The van der Waals surface area contributed by atoms with Gasteiger partial charge in [-0.3, -0.25) is 4.79 Å². The lowest BCUT2D eigenvalue weighted by molar-refractivity contribution is -0.205. The molecule has 1 N–H and O–H groups in total. The van der Waals surface area contributed by atoms with E-state index < -0.39 is 0 Å².